The SMILES string of the molecule is C1=CCCC(N(c2ccccc2)c2ccc3c(c2)C2(C4=C3C=CC(N(c3ccccc3)c3ccccc3)C4)c3cc(N(c4ccccc4)c4ccccc4)ccc3-c3ccc(N(c4ccccc4)c4ccccc4)cc32)=C1. The van der Waals surface area contributed by atoms with Crippen molar-refractivity contribution in [3.8, 4) is 11.1 Å². The van der Waals surface area contributed by atoms with Crippen molar-refractivity contribution in [1.82, 2.24) is 0 Å². The summed E-state index contributed by atoms with van der Waals surface area (Å²) in [7, 11) is 0. The minimum Gasteiger partial charge on any atom is -0.334 e. The standard InChI is InChI=1S/C73H56N4/c1-9-25-53(26-10-1)74(54-27-11-2-12-28-54)61-41-45-65-66-46-42-62(75(55-29-13-3-14-30-55)56-31-15-4-16-32-56)50-70(66)73(69(65)49-61)71-51-63(76(57-33-17-5-18-34-57)58-35-19-6-20-36-58)43-47-67(71)68-48-44-64(52-72(68)73)77(59-37-21-7-22-38-59)60-39-23-8-24-40-60/h1-23,25-39,41-50,52,63H,24,40,51H2. The van der Waals surface area contributed by atoms with Crippen LogP contribution in [0.2, 0.25) is 0 Å². The molecule has 4 aliphatic carbocycles. The molecule has 1 atom stereocenters. The van der Waals surface area contributed by atoms with Crippen LogP contribution in [0.5, 0.6) is 0 Å². The second-order valence-corrected chi connectivity index (χ2v) is 20.3. The van der Waals surface area contributed by atoms with Gasteiger partial charge >= 0.3 is 0 Å². The molecule has 0 saturated heterocycles. The van der Waals surface area contributed by atoms with Crippen LogP contribution in [-0.2, 0) is 5.41 Å². The van der Waals surface area contributed by atoms with Crippen molar-refractivity contribution in [3.05, 3.63) is 331 Å². The Kier molecular flexibility index (Phi) is 11.7. The van der Waals surface area contributed by atoms with E-state index >= 15 is 0 Å². The molecule has 10 aromatic carbocycles. The zero-order valence-electron chi connectivity index (χ0n) is 42.8. The van der Waals surface area contributed by atoms with E-state index in [1.54, 1.807) is 0 Å². The van der Waals surface area contributed by atoms with Gasteiger partial charge in [-0.15, -0.1) is 0 Å². The number of nitrogens with zero attached hydrogens (tertiary/aromatic N) is 4. The van der Waals surface area contributed by atoms with Gasteiger partial charge in [0.1, 0.15) is 0 Å². The second kappa shape index (κ2) is 19.6. The number of para-hydroxylation sites is 7. The first-order chi connectivity index (χ1) is 38.2. The molecule has 0 N–H and O–H groups in total. The Morgan fingerprint density at radius 2 is 0.714 bits per heavy atom. The van der Waals surface area contributed by atoms with Crippen LogP contribution in [0.1, 0.15) is 41.5 Å². The van der Waals surface area contributed by atoms with Gasteiger partial charge in [0, 0.05) is 62.6 Å². The highest BCUT2D eigenvalue weighted by Gasteiger charge is 2.54. The molecule has 0 fully saturated rings. The lowest BCUT2D eigenvalue weighted by atomic mass is 9.67. The van der Waals surface area contributed by atoms with Gasteiger partial charge in [0.05, 0.1) is 11.5 Å². The summed E-state index contributed by atoms with van der Waals surface area (Å²) in [4.78, 5) is 9.90. The molecular weight excluding hydrogens is 933 g/mol. The van der Waals surface area contributed by atoms with Crippen LogP contribution < -0.4 is 19.6 Å². The van der Waals surface area contributed by atoms with E-state index in [-0.39, 0.29) is 6.04 Å². The van der Waals surface area contributed by atoms with Crippen molar-refractivity contribution in [2.75, 3.05) is 19.6 Å². The molecule has 0 amide bonds. The van der Waals surface area contributed by atoms with E-state index in [0.29, 0.717) is 0 Å². The van der Waals surface area contributed by atoms with Crippen LogP contribution >= 0.6 is 0 Å². The molecule has 1 unspecified atom stereocenters. The quantitative estimate of drug-likeness (QED) is 0.121. The Labute approximate surface area is 452 Å². The molecule has 0 bridgehead atoms. The number of allylic oxidation sites excluding steroid dienone is 6. The summed E-state index contributed by atoms with van der Waals surface area (Å²) in [5.41, 5.74) is 22.2. The summed E-state index contributed by atoms with van der Waals surface area (Å²) < 4.78 is 0. The number of anilines is 10. The fourth-order valence-electron chi connectivity index (χ4n) is 12.8. The summed E-state index contributed by atoms with van der Waals surface area (Å²) >= 11 is 0. The minimum atomic E-state index is -0.722. The zero-order valence-corrected chi connectivity index (χ0v) is 42.8. The highest BCUT2D eigenvalue weighted by atomic mass is 15.2. The van der Waals surface area contributed by atoms with Crippen molar-refractivity contribution >= 4 is 62.4 Å². The highest BCUT2D eigenvalue weighted by molar-refractivity contribution is 6.00. The summed E-state index contributed by atoms with van der Waals surface area (Å²) in [6.07, 6.45) is 14.5. The maximum absolute atomic E-state index is 2.56. The van der Waals surface area contributed by atoms with E-state index in [1.165, 1.54) is 50.2 Å². The Morgan fingerprint density at radius 1 is 0.351 bits per heavy atom. The Balaban J connectivity index is 1.07. The van der Waals surface area contributed by atoms with Gasteiger partial charge in [0.25, 0.3) is 0 Å². The highest BCUT2D eigenvalue weighted by Crippen LogP contribution is 2.66. The Morgan fingerprint density at radius 3 is 1.12 bits per heavy atom. The van der Waals surface area contributed by atoms with Crippen LogP contribution in [0.3, 0.4) is 0 Å². The van der Waals surface area contributed by atoms with Gasteiger partial charge in [0.2, 0.25) is 0 Å². The van der Waals surface area contributed by atoms with E-state index in [1.807, 2.05) is 0 Å². The average Bonchev–Trinajstić information content (AvgIpc) is 4.12. The monoisotopic (exact) mass is 988 g/mol. The van der Waals surface area contributed by atoms with E-state index in [0.717, 1.165) is 76.1 Å². The number of hydrogen-bond acceptors (Lipinski definition) is 4. The van der Waals surface area contributed by atoms with Gasteiger partial charge < -0.3 is 19.6 Å². The van der Waals surface area contributed by atoms with Crippen molar-refractivity contribution in [2.24, 2.45) is 0 Å². The Bertz CT molecular complexity index is 3640. The molecule has 10 aromatic rings. The third kappa shape index (κ3) is 7.91. The van der Waals surface area contributed by atoms with E-state index in [9.17, 15) is 0 Å². The average molecular weight is 989 g/mol. The summed E-state index contributed by atoms with van der Waals surface area (Å²) in [6, 6.07) is 98.2. The zero-order chi connectivity index (χ0) is 51.1. The molecule has 77 heavy (non-hydrogen) atoms. The molecule has 0 saturated carbocycles. The molecule has 4 nitrogen and oxygen atoms in total. The van der Waals surface area contributed by atoms with Crippen LogP contribution in [0.15, 0.2) is 309 Å². The van der Waals surface area contributed by atoms with Crippen LogP contribution in [-0.4, -0.2) is 6.04 Å². The molecule has 0 radical (unpaired) electrons. The van der Waals surface area contributed by atoms with Crippen molar-refractivity contribution in [2.45, 2.75) is 30.7 Å². The number of hydrogen-bond donors (Lipinski definition) is 0. The first kappa shape index (κ1) is 45.9. The lowest BCUT2D eigenvalue weighted by molar-refractivity contribution is 0.663. The van der Waals surface area contributed by atoms with Gasteiger partial charge in [-0.05, 0) is 191 Å². The predicted octanol–water partition coefficient (Wildman–Crippen LogP) is 19.2. The molecule has 368 valence electrons. The van der Waals surface area contributed by atoms with Crippen LogP contribution in [0.4, 0.5) is 56.9 Å². The van der Waals surface area contributed by atoms with Crippen molar-refractivity contribution in [1.29, 1.82) is 0 Å². The molecule has 0 aliphatic heterocycles. The smallest absolute Gasteiger partial charge is 0.0691 e. The molecule has 0 aromatic heterocycles. The second-order valence-electron chi connectivity index (χ2n) is 20.3. The molecule has 4 aliphatic rings. The van der Waals surface area contributed by atoms with Crippen molar-refractivity contribution < 1.29 is 0 Å². The van der Waals surface area contributed by atoms with Crippen LogP contribution in [0, 0.1) is 0 Å². The van der Waals surface area contributed by atoms with Crippen LogP contribution in [0.25, 0.3) is 16.7 Å². The predicted molar refractivity (Wildman–Crippen MR) is 322 cm³/mol. The van der Waals surface area contributed by atoms with Gasteiger partial charge in [-0.25, -0.2) is 0 Å². The molecular formula is C73H56N4. The van der Waals surface area contributed by atoms with E-state index < -0.39 is 5.41 Å². The maximum Gasteiger partial charge on any atom is 0.0691 e. The van der Waals surface area contributed by atoms with E-state index in [2.05, 4.69) is 317 Å². The first-order valence-corrected chi connectivity index (χ1v) is 27.0. The third-order valence-corrected chi connectivity index (χ3v) is 16.0. The Hall–Kier alpha value is -9.64. The fraction of sp³-hybridized carbons (Fsp3) is 0.0685. The van der Waals surface area contributed by atoms with Gasteiger partial charge in [-0.3, -0.25) is 0 Å². The lowest BCUT2D eigenvalue weighted by Gasteiger charge is -2.40. The number of rotatable bonds is 12. The molecule has 4 heteroatoms. The molecule has 1 spiro atoms. The van der Waals surface area contributed by atoms with Gasteiger partial charge in [-0.2, -0.15) is 0 Å². The van der Waals surface area contributed by atoms with E-state index in [4.69, 9.17) is 0 Å². The summed E-state index contributed by atoms with van der Waals surface area (Å²) in [6.45, 7) is 0. The lowest BCUT2D eigenvalue weighted by Crippen LogP contribution is -2.36. The maximum atomic E-state index is 2.56. The minimum absolute atomic E-state index is 0.00153. The normalized spacial score (nSPS) is 15.3. The molecule has 0 heterocycles. The third-order valence-electron chi connectivity index (χ3n) is 16.0. The first-order valence-electron chi connectivity index (χ1n) is 27.0. The van der Waals surface area contributed by atoms with Gasteiger partial charge in [0.15, 0.2) is 0 Å². The number of benzene rings is 10. The summed E-state index contributed by atoms with van der Waals surface area (Å²) in [5, 5.41) is 0. The number of fused-ring (bicyclic) bond motifs is 9. The topological polar surface area (TPSA) is 13.0 Å². The largest absolute Gasteiger partial charge is 0.334 e. The molecule has 14 rings (SSSR count). The fourth-order valence-corrected chi connectivity index (χ4v) is 12.8. The summed E-state index contributed by atoms with van der Waals surface area (Å²) in [5.74, 6) is 0. The van der Waals surface area contributed by atoms with Crippen molar-refractivity contribution in [3.63, 3.8) is 0 Å². The van der Waals surface area contributed by atoms with Gasteiger partial charge in [-0.1, -0.05) is 170 Å².